The molecule has 1 saturated heterocycles. The van der Waals surface area contributed by atoms with Crippen LogP contribution in [-0.2, 0) is 22.4 Å². The van der Waals surface area contributed by atoms with Gasteiger partial charge in [0.05, 0.1) is 17.4 Å². The molecule has 3 aliphatic rings. The van der Waals surface area contributed by atoms with Gasteiger partial charge in [0.25, 0.3) is 5.91 Å². The number of hydrogen-bond donors (Lipinski definition) is 2. The van der Waals surface area contributed by atoms with Gasteiger partial charge in [-0.15, -0.1) is 0 Å². The maximum atomic E-state index is 16.1. The second-order valence-electron chi connectivity index (χ2n) is 10.1. The highest BCUT2D eigenvalue weighted by atomic mass is 19.1. The van der Waals surface area contributed by atoms with Crippen LogP contribution in [-0.4, -0.2) is 53.4 Å². The number of nitrogens with two attached hydrogens (primary N) is 1. The van der Waals surface area contributed by atoms with E-state index >= 15 is 8.78 Å². The van der Waals surface area contributed by atoms with Crippen LogP contribution in [0.2, 0.25) is 0 Å². The molecule has 39 heavy (non-hydrogen) atoms. The van der Waals surface area contributed by atoms with Gasteiger partial charge in [-0.05, 0) is 55.0 Å². The Labute approximate surface area is 220 Å². The average molecular weight is 539 g/mol. The molecular formula is C27H24F2N4O6. The van der Waals surface area contributed by atoms with Crippen molar-refractivity contribution in [3.63, 3.8) is 0 Å². The lowest BCUT2D eigenvalue weighted by molar-refractivity contribution is -0.124. The summed E-state index contributed by atoms with van der Waals surface area (Å²) in [5.74, 6) is -4.01. The molecule has 12 heteroatoms. The van der Waals surface area contributed by atoms with Crippen molar-refractivity contribution in [1.29, 1.82) is 0 Å². The minimum Gasteiger partial charge on any atom is -0.477 e. The monoisotopic (exact) mass is 538 g/mol. The Morgan fingerprint density at radius 1 is 1.05 bits per heavy atom. The highest BCUT2D eigenvalue weighted by molar-refractivity contribution is 5.95. The molecule has 1 aliphatic carbocycles. The van der Waals surface area contributed by atoms with Crippen LogP contribution in [0, 0.1) is 11.6 Å². The van der Waals surface area contributed by atoms with Crippen LogP contribution < -0.4 is 21.0 Å². The fourth-order valence-corrected chi connectivity index (χ4v) is 5.44. The number of fused-ring (bicyclic) bond motifs is 2. The largest absolute Gasteiger partial charge is 0.477 e. The van der Waals surface area contributed by atoms with Crippen molar-refractivity contribution in [2.24, 2.45) is 5.73 Å². The molecule has 3 heterocycles. The number of benzene rings is 2. The first kappa shape index (κ1) is 24.8. The third kappa shape index (κ3) is 4.16. The molecule has 0 bridgehead atoms. The summed E-state index contributed by atoms with van der Waals surface area (Å²) in [7, 11) is 0. The minimum atomic E-state index is -1.45. The van der Waals surface area contributed by atoms with E-state index in [1.54, 1.807) is 17.0 Å². The van der Waals surface area contributed by atoms with Crippen molar-refractivity contribution in [2.45, 2.75) is 37.8 Å². The van der Waals surface area contributed by atoms with E-state index in [-0.39, 0.29) is 35.7 Å². The highest BCUT2D eigenvalue weighted by Crippen LogP contribution is 2.40. The van der Waals surface area contributed by atoms with Crippen LogP contribution in [0.4, 0.5) is 25.0 Å². The Morgan fingerprint density at radius 3 is 2.41 bits per heavy atom. The van der Waals surface area contributed by atoms with E-state index in [2.05, 4.69) is 0 Å². The number of carbonyl (C=O) groups excluding carboxylic acids is 2. The number of halogens is 2. The number of aromatic carboxylic acids is 1. The lowest BCUT2D eigenvalue weighted by atomic mass is 10.0. The van der Waals surface area contributed by atoms with Gasteiger partial charge in [0.15, 0.2) is 11.9 Å². The number of aromatic nitrogens is 1. The quantitative estimate of drug-likeness (QED) is 0.510. The van der Waals surface area contributed by atoms with Gasteiger partial charge in [-0.2, -0.15) is 0 Å². The summed E-state index contributed by atoms with van der Waals surface area (Å²) in [5.41, 5.74) is 5.82. The number of carboxylic acids is 1. The topological polar surface area (TPSA) is 135 Å². The predicted molar refractivity (Wildman–Crippen MR) is 136 cm³/mol. The molecule has 0 spiro atoms. The maximum Gasteiger partial charge on any atom is 0.415 e. The smallest absolute Gasteiger partial charge is 0.415 e. The van der Waals surface area contributed by atoms with E-state index in [0.29, 0.717) is 37.9 Å². The Bertz CT molecular complexity index is 1630. The van der Waals surface area contributed by atoms with Gasteiger partial charge in [0, 0.05) is 31.0 Å². The van der Waals surface area contributed by atoms with Gasteiger partial charge in [0.1, 0.15) is 17.1 Å². The predicted octanol–water partition coefficient (Wildman–Crippen LogP) is 2.73. The average Bonchev–Trinajstić information content (AvgIpc) is 3.69. The molecule has 2 aromatic carbocycles. The lowest BCUT2D eigenvalue weighted by Gasteiger charge is -2.25. The molecule has 3 aromatic rings. The normalized spacial score (nSPS) is 19.1. The molecule has 202 valence electrons. The van der Waals surface area contributed by atoms with Gasteiger partial charge in [-0.3, -0.25) is 14.5 Å². The summed E-state index contributed by atoms with van der Waals surface area (Å²) < 4.78 is 38.0. The summed E-state index contributed by atoms with van der Waals surface area (Å²) >= 11 is 0. The van der Waals surface area contributed by atoms with Gasteiger partial charge >= 0.3 is 12.1 Å². The molecule has 3 N–H and O–H groups in total. The van der Waals surface area contributed by atoms with E-state index in [0.717, 1.165) is 23.4 Å². The van der Waals surface area contributed by atoms with Crippen LogP contribution in [0.25, 0.3) is 10.9 Å². The molecule has 1 atom stereocenters. The van der Waals surface area contributed by atoms with Gasteiger partial charge < -0.3 is 25.0 Å². The Balaban J connectivity index is 1.34. The van der Waals surface area contributed by atoms with Crippen molar-refractivity contribution in [3.05, 3.63) is 69.0 Å². The van der Waals surface area contributed by atoms with E-state index in [1.807, 2.05) is 6.07 Å². The number of amides is 2. The number of anilines is 2. The van der Waals surface area contributed by atoms with Crippen LogP contribution in [0.5, 0.6) is 0 Å². The molecule has 1 saturated carbocycles. The number of hydrogen-bond acceptors (Lipinski definition) is 6. The first-order valence-corrected chi connectivity index (χ1v) is 12.6. The van der Waals surface area contributed by atoms with Gasteiger partial charge in [-0.1, -0.05) is 6.07 Å². The van der Waals surface area contributed by atoms with Gasteiger partial charge in [0.2, 0.25) is 5.43 Å². The second-order valence-corrected chi connectivity index (χ2v) is 10.1. The van der Waals surface area contributed by atoms with Crippen LogP contribution in [0.15, 0.2) is 35.3 Å². The number of primary amides is 1. The standard InChI is InChI=1S/C27H24F2N4O6/c28-19-10-17-22(32(15-3-4-15)11-18(24(17)34)26(36)37)21(29)23(19)31-7-5-13-1-2-16(9-14(13)6-8-31)33-12-20(25(30)35)39-27(33)38/h1-2,9-11,15,20H,3-8,12H2,(H2,30,35)(H,36,37). The third-order valence-electron chi connectivity index (χ3n) is 7.60. The summed E-state index contributed by atoms with van der Waals surface area (Å²) in [6.45, 7) is 0.548. The number of cyclic esters (lactones) is 1. The molecule has 1 unspecified atom stereocenters. The zero-order chi connectivity index (χ0) is 27.6. The van der Waals surface area contributed by atoms with Crippen molar-refractivity contribution in [3.8, 4) is 0 Å². The number of carbonyl (C=O) groups is 3. The zero-order valence-electron chi connectivity index (χ0n) is 20.7. The van der Waals surface area contributed by atoms with Crippen LogP contribution in [0.1, 0.15) is 40.4 Å². The van der Waals surface area contributed by atoms with E-state index in [4.69, 9.17) is 10.5 Å². The van der Waals surface area contributed by atoms with E-state index < -0.39 is 46.7 Å². The number of carboxylic acid groups (broad SMARTS) is 1. The highest BCUT2D eigenvalue weighted by Gasteiger charge is 2.36. The van der Waals surface area contributed by atoms with Crippen molar-refractivity contribution < 1.29 is 33.0 Å². The van der Waals surface area contributed by atoms with Gasteiger partial charge in [-0.25, -0.2) is 18.4 Å². The molecule has 6 rings (SSSR count). The summed E-state index contributed by atoms with van der Waals surface area (Å²) in [4.78, 5) is 51.0. The Kier molecular flexibility index (Phi) is 5.77. The van der Waals surface area contributed by atoms with E-state index in [1.165, 1.54) is 9.47 Å². The summed E-state index contributed by atoms with van der Waals surface area (Å²) in [6, 6.07) is 6.15. The van der Waals surface area contributed by atoms with Crippen molar-refractivity contribution >= 4 is 40.2 Å². The third-order valence-corrected chi connectivity index (χ3v) is 7.60. The lowest BCUT2D eigenvalue weighted by Crippen LogP contribution is -2.32. The van der Waals surface area contributed by atoms with Crippen LogP contribution >= 0.6 is 0 Å². The minimum absolute atomic E-state index is 0.00111. The molecule has 0 radical (unpaired) electrons. The molecule has 1 aromatic heterocycles. The fourth-order valence-electron chi connectivity index (χ4n) is 5.44. The molecule has 2 amide bonds. The number of pyridine rings is 1. The Morgan fingerprint density at radius 2 is 1.77 bits per heavy atom. The van der Waals surface area contributed by atoms with Crippen LogP contribution in [0.3, 0.4) is 0 Å². The molecule has 10 nitrogen and oxygen atoms in total. The second kappa shape index (κ2) is 9.07. The molecule has 2 fully saturated rings. The number of ether oxygens (including phenoxy) is 1. The number of nitrogens with zero attached hydrogens (tertiary/aromatic N) is 3. The summed E-state index contributed by atoms with van der Waals surface area (Å²) in [6.07, 6.45) is 1.72. The van der Waals surface area contributed by atoms with Crippen molar-refractivity contribution in [2.75, 3.05) is 29.4 Å². The molecular weight excluding hydrogens is 514 g/mol. The Hall–Kier alpha value is -4.48. The first-order chi connectivity index (χ1) is 18.6. The first-order valence-electron chi connectivity index (χ1n) is 12.6. The zero-order valence-corrected chi connectivity index (χ0v) is 20.7. The van der Waals surface area contributed by atoms with Crippen molar-refractivity contribution in [1.82, 2.24) is 4.57 Å². The maximum absolute atomic E-state index is 16.1. The number of rotatable bonds is 5. The SMILES string of the molecule is NC(=O)C1CN(c2ccc3c(c2)CCN(c2c(F)cc4c(=O)c(C(=O)O)cn(C5CC5)c4c2F)CC3)C(=O)O1. The van der Waals surface area contributed by atoms with E-state index in [9.17, 15) is 24.3 Å². The molecule has 2 aliphatic heterocycles. The summed E-state index contributed by atoms with van der Waals surface area (Å²) in [5, 5.41) is 9.15. The fraction of sp³-hybridized carbons (Fsp3) is 0.333.